The third-order valence-electron chi connectivity index (χ3n) is 4.99. The van der Waals surface area contributed by atoms with Gasteiger partial charge in [-0.1, -0.05) is 0 Å². The number of carbonyl (C=O) groups excluding carboxylic acids is 1. The van der Waals surface area contributed by atoms with E-state index >= 15 is 0 Å². The molecule has 25 heavy (non-hydrogen) atoms. The molecule has 9 heteroatoms. The molecule has 2 heterocycles. The number of halogens is 3. The van der Waals surface area contributed by atoms with Crippen LogP contribution in [0.1, 0.15) is 55.0 Å². The number of aromatic amines is 1. The maximum atomic E-state index is 13.1. The van der Waals surface area contributed by atoms with Gasteiger partial charge in [0.05, 0.1) is 11.7 Å². The Balaban J connectivity index is 1.65. The quantitative estimate of drug-likeness (QED) is 0.764. The van der Waals surface area contributed by atoms with Crippen LogP contribution in [0.4, 0.5) is 13.2 Å². The Labute approximate surface area is 142 Å². The van der Waals surface area contributed by atoms with Crippen molar-refractivity contribution in [3.05, 3.63) is 27.2 Å². The minimum atomic E-state index is -4.73. The maximum Gasteiger partial charge on any atom is 0.422 e. The predicted molar refractivity (Wildman–Crippen MR) is 83.9 cm³/mol. The Kier molecular flexibility index (Phi) is 5.12. The average molecular weight is 358 g/mol. The highest BCUT2D eigenvalue weighted by Crippen LogP contribution is 2.37. The number of fused-ring (bicyclic) bond motifs is 1. The zero-order valence-electron chi connectivity index (χ0n) is 13.7. The Morgan fingerprint density at radius 3 is 2.64 bits per heavy atom. The van der Waals surface area contributed by atoms with Gasteiger partial charge in [-0.2, -0.15) is 18.3 Å². The molecule has 0 saturated carbocycles. The summed E-state index contributed by atoms with van der Waals surface area (Å²) in [6.45, 7) is 1.92. The Morgan fingerprint density at radius 2 is 1.96 bits per heavy atom. The second-order valence-electron chi connectivity index (χ2n) is 6.68. The van der Waals surface area contributed by atoms with Gasteiger partial charge in [0.1, 0.15) is 5.56 Å². The van der Waals surface area contributed by atoms with Crippen LogP contribution in [0.5, 0.6) is 0 Å². The van der Waals surface area contributed by atoms with Crippen molar-refractivity contribution >= 4 is 5.91 Å². The van der Waals surface area contributed by atoms with Crippen LogP contribution >= 0.6 is 0 Å². The summed E-state index contributed by atoms with van der Waals surface area (Å²) in [4.78, 5) is 23.7. The van der Waals surface area contributed by atoms with Crippen LogP contribution in [0, 0.1) is 5.92 Å². The normalized spacial score (nSPS) is 21.2. The fourth-order valence-corrected chi connectivity index (χ4v) is 3.68. The molecule has 6 nitrogen and oxygen atoms in total. The van der Waals surface area contributed by atoms with E-state index in [2.05, 4.69) is 15.7 Å². The van der Waals surface area contributed by atoms with Gasteiger partial charge >= 0.3 is 6.18 Å². The van der Waals surface area contributed by atoms with Gasteiger partial charge in [-0.25, -0.2) is 5.10 Å². The number of nitrogens with zero attached hydrogens (tertiary/aromatic N) is 1. The van der Waals surface area contributed by atoms with Crippen LogP contribution in [-0.2, 0) is 17.4 Å². The number of amides is 1. The Morgan fingerprint density at radius 1 is 1.24 bits per heavy atom. The molecule has 3 rings (SSSR count). The van der Waals surface area contributed by atoms with Gasteiger partial charge in [0.25, 0.3) is 5.56 Å². The van der Waals surface area contributed by atoms with Crippen molar-refractivity contribution in [2.45, 2.75) is 50.7 Å². The Hall–Kier alpha value is -1.90. The average Bonchev–Trinajstić information content (AvgIpc) is 2.95. The first-order valence-corrected chi connectivity index (χ1v) is 8.55. The molecule has 0 aromatic carbocycles. The molecule has 0 radical (unpaired) electrons. The van der Waals surface area contributed by atoms with Crippen molar-refractivity contribution in [2.75, 3.05) is 13.1 Å². The number of hydrogen-bond donors (Lipinski definition) is 3. The first-order chi connectivity index (χ1) is 11.9. The summed E-state index contributed by atoms with van der Waals surface area (Å²) in [7, 11) is 0. The van der Waals surface area contributed by atoms with E-state index in [-0.39, 0.29) is 23.6 Å². The lowest BCUT2D eigenvalue weighted by atomic mass is 9.93. The first-order valence-electron chi connectivity index (χ1n) is 8.55. The number of aromatic nitrogens is 2. The fourth-order valence-electron chi connectivity index (χ4n) is 3.68. The molecule has 1 aromatic rings. The molecule has 1 aliphatic carbocycles. The number of alkyl halides is 3. The van der Waals surface area contributed by atoms with Gasteiger partial charge in [-0.3, -0.25) is 9.59 Å². The van der Waals surface area contributed by atoms with Gasteiger partial charge in [0.2, 0.25) is 5.91 Å². The van der Waals surface area contributed by atoms with E-state index in [1.54, 1.807) is 0 Å². The molecular weight excluding hydrogens is 337 g/mol. The summed E-state index contributed by atoms with van der Waals surface area (Å²) in [5.74, 6) is 0.326. The van der Waals surface area contributed by atoms with Gasteiger partial charge in [0, 0.05) is 6.42 Å². The molecule has 1 unspecified atom stereocenters. The van der Waals surface area contributed by atoms with Crippen molar-refractivity contribution in [1.82, 2.24) is 20.8 Å². The lowest BCUT2D eigenvalue weighted by Gasteiger charge is -2.22. The molecule has 1 atom stereocenters. The number of hydrogen-bond acceptors (Lipinski definition) is 4. The highest BCUT2D eigenvalue weighted by atomic mass is 19.4. The van der Waals surface area contributed by atoms with Crippen molar-refractivity contribution in [3.8, 4) is 0 Å². The number of carbonyl (C=O) groups is 1. The van der Waals surface area contributed by atoms with Crippen molar-refractivity contribution in [1.29, 1.82) is 0 Å². The molecule has 1 amide bonds. The zero-order chi connectivity index (χ0) is 18.0. The molecule has 138 valence electrons. The molecule has 3 N–H and O–H groups in total. The highest BCUT2D eigenvalue weighted by molar-refractivity contribution is 5.76. The van der Waals surface area contributed by atoms with E-state index in [9.17, 15) is 22.8 Å². The minimum Gasteiger partial charge on any atom is -0.348 e. The largest absolute Gasteiger partial charge is 0.422 e. The highest BCUT2D eigenvalue weighted by Gasteiger charge is 2.41. The number of piperidine rings is 1. The van der Waals surface area contributed by atoms with E-state index in [0.29, 0.717) is 18.8 Å². The molecule has 0 spiro atoms. The van der Waals surface area contributed by atoms with E-state index in [1.807, 2.05) is 5.10 Å². The predicted octanol–water partition coefficient (Wildman–Crippen LogP) is 1.67. The summed E-state index contributed by atoms with van der Waals surface area (Å²) in [6, 6.07) is -0.575. The number of H-pyrrole nitrogens is 1. The van der Waals surface area contributed by atoms with Crippen LogP contribution in [0.25, 0.3) is 0 Å². The molecule has 1 fully saturated rings. The van der Waals surface area contributed by atoms with Gasteiger partial charge < -0.3 is 10.6 Å². The van der Waals surface area contributed by atoms with Crippen LogP contribution < -0.4 is 16.2 Å². The van der Waals surface area contributed by atoms with E-state index < -0.39 is 23.3 Å². The van der Waals surface area contributed by atoms with E-state index in [1.165, 1.54) is 0 Å². The lowest BCUT2D eigenvalue weighted by Crippen LogP contribution is -2.31. The molecule has 1 aliphatic heterocycles. The third-order valence-corrected chi connectivity index (χ3v) is 4.99. The van der Waals surface area contributed by atoms with Gasteiger partial charge in [-0.15, -0.1) is 0 Å². The van der Waals surface area contributed by atoms with Crippen molar-refractivity contribution in [2.24, 2.45) is 5.92 Å². The molecule has 2 aliphatic rings. The summed E-state index contributed by atoms with van der Waals surface area (Å²) in [5, 5.41) is 11.7. The standard InChI is InChI=1S/C16H21F3N4O2/c17-16(18,19)13-10-2-3-11(14(10)22-23-15(13)25)21-12(24)4-1-9-5-7-20-8-6-9/h9,11,20H,1-8H2,(H,21,24)(H,23,25). The fraction of sp³-hybridized carbons (Fsp3) is 0.688. The van der Waals surface area contributed by atoms with Crippen LogP contribution in [0.2, 0.25) is 0 Å². The molecular formula is C16H21F3N4O2. The van der Waals surface area contributed by atoms with Gasteiger partial charge in [-0.05, 0) is 56.7 Å². The van der Waals surface area contributed by atoms with Crippen molar-refractivity contribution in [3.63, 3.8) is 0 Å². The van der Waals surface area contributed by atoms with Crippen LogP contribution in [-0.4, -0.2) is 29.2 Å². The lowest BCUT2D eigenvalue weighted by molar-refractivity contribution is -0.139. The second kappa shape index (κ2) is 7.15. The Bertz CT molecular complexity index is 696. The van der Waals surface area contributed by atoms with Crippen LogP contribution in [0.15, 0.2) is 4.79 Å². The van der Waals surface area contributed by atoms with Crippen LogP contribution in [0.3, 0.4) is 0 Å². The second-order valence-corrected chi connectivity index (χ2v) is 6.68. The van der Waals surface area contributed by atoms with Crippen molar-refractivity contribution < 1.29 is 18.0 Å². The minimum absolute atomic E-state index is 0.0837. The summed E-state index contributed by atoms with van der Waals surface area (Å²) >= 11 is 0. The molecule has 1 aromatic heterocycles. The topological polar surface area (TPSA) is 86.9 Å². The van der Waals surface area contributed by atoms with E-state index in [4.69, 9.17) is 0 Å². The summed E-state index contributed by atoms with van der Waals surface area (Å²) < 4.78 is 39.2. The smallest absolute Gasteiger partial charge is 0.348 e. The molecule has 1 saturated heterocycles. The van der Waals surface area contributed by atoms with E-state index in [0.717, 1.165) is 32.4 Å². The maximum absolute atomic E-state index is 13.1. The van der Waals surface area contributed by atoms with Gasteiger partial charge in [0.15, 0.2) is 0 Å². The summed E-state index contributed by atoms with van der Waals surface area (Å²) in [6.07, 6.45) is -1.11. The monoisotopic (exact) mass is 358 g/mol. The SMILES string of the molecule is O=C(CCC1CCNCC1)NC1CCc2c1n[nH]c(=O)c2C(F)(F)F. The summed E-state index contributed by atoms with van der Waals surface area (Å²) in [5.41, 5.74) is -2.39. The zero-order valence-corrected chi connectivity index (χ0v) is 13.7. The number of nitrogens with one attached hydrogen (secondary N) is 3. The third kappa shape index (κ3) is 4.02. The molecule has 0 bridgehead atoms. The number of rotatable bonds is 4. The first kappa shape index (κ1) is 17.9.